The van der Waals surface area contributed by atoms with Crippen molar-refractivity contribution >= 4 is 5.97 Å². The van der Waals surface area contributed by atoms with Crippen LogP contribution in [0.5, 0.6) is 5.75 Å². The first-order valence-electron chi connectivity index (χ1n) is 6.30. The molecule has 0 aromatic heterocycles. The van der Waals surface area contributed by atoms with Gasteiger partial charge >= 0.3 is 5.97 Å². The van der Waals surface area contributed by atoms with Gasteiger partial charge in [0.25, 0.3) is 0 Å². The standard InChI is InChI=1S/C14H18O4/c15-11(8-14(16)17)9-18-13-7-3-5-10-4-1-2-6-12(10)13/h3,5,7,11,15H,1-2,4,6,8-9H2,(H,16,17). The number of benzene rings is 1. The van der Waals surface area contributed by atoms with Gasteiger partial charge in [-0.3, -0.25) is 4.79 Å². The third-order valence-corrected chi connectivity index (χ3v) is 3.19. The number of rotatable bonds is 5. The topological polar surface area (TPSA) is 66.8 Å². The van der Waals surface area contributed by atoms with Crippen LogP contribution in [0.3, 0.4) is 0 Å². The van der Waals surface area contributed by atoms with Gasteiger partial charge in [0.15, 0.2) is 0 Å². The molecule has 0 bridgehead atoms. The maximum Gasteiger partial charge on any atom is 0.306 e. The quantitative estimate of drug-likeness (QED) is 0.836. The number of ether oxygens (including phenoxy) is 1. The highest BCUT2D eigenvalue weighted by molar-refractivity contribution is 5.67. The Morgan fingerprint density at radius 2 is 2.11 bits per heavy atom. The Balaban J connectivity index is 1.99. The third kappa shape index (κ3) is 3.23. The molecule has 4 nitrogen and oxygen atoms in total. The first-order valence-corrected chi connectivity index (χ1v) is 6.30. The summed E-state index contributed by atoms with van der Waals surface area (Å²) < 4.78 is 5.55. The van der Waals surface area contributed by atoms with Gasteiger partial charge in [-0.2, -0.15) is 0 Å². The van der Waals surface area contributed by atoms with E-state index in [-0.39, 0.29) is 13.0 Å². The molecule has 1 aliphatic rings. The lowest BCUT2D eigenvalue weighted by atomic mass is 9.91. The second-order valence-electron chi connectivity index (χ2n) is 4.66. The van der Waals surface area contributed by atoms with Crippen molar-refractivity contribution in [3.8, 4) is 5.75 Å². The number of fused-ring (bicyclic) bond motifs is 1. The van der Waals surface area contributed by atoms with Crippen LogP contribution in [-0.4, -0.2) is 28.9 Å². The largest absolute Gasteiger partial charge is 0.491 e. The lowest BCUT2D eigenvalue weighted by Crippen LogP contribution is -2.21. The molecule has 2 rings (SSSR count). The molecule has 1 aliphatic carbocycles. The summed E-state index contributed by atoms with van der Waals surface area (Å²) in [6.07, 6.45) is 3.20. The molecule has 0 fully saturated rings. The molecule has 0 spiro atoms. The average Bonchev–Trinajstić information content (AvgIpc) is 2.35. The molecule has 0 saturated heterocycles. The van der Waals surface area contributed by atoms with Gasteiger partial charge in [-0.15, -0.1) is 0 Å². The maximum atomic E-state index is 10.4. The number of hydrogen-bond acceptors (Lipinski definition) is 3. The molecule has 0 heterocycles. The molecule has 2 N–H and O–H groups in total. The zero-order valence-electron chi connectivity index (χ0n) is 10.3. The van der Waals surface area contributed by atoms with E-state index >= 15 is 0 Å². The van der Waals surface area contributed by atoms with Crippen LogP contribution in [0.25, 0.3) is 0 Å². The Bertz CT molecular complexity index is 428. The number of aliphatic hydroxyl groups excluding tert-OH is 1. The van der Waals surface area contributed by atoms with E-state index in [0.717, 1.165) is 25.0 Å². The van der Waals surface area contributed by atoms with E-state index in [0.29, 0.717) is 0 Å². The van der Waals surface area contributed by atoms with Gasteiger partial charge in [0.05, 0.1) is 12.5 Å². The van der Waals surface area contributed by atoms with E-state index in [9.17, 15) is 9.90 Å². The molecule has 1 atom stereocenters. The molecule has 98 valence electrons. The normalized spacial score (nSPS) is 15.8. The van der Waals surface area contributed by atoms with Gasteiger partial charge < -0.3 is 14.9 Å². The summed E-state index contributed by atoms with van der Waals surface area (Å²) in [6.45, 7) is 0.0305. The zero-order chi connectivity index (χ0) is 13.0. The number of hydrogen-bond donors (Lipinski definition) is 2. The van der Waals surface area contributed by atoms with E-state index < -0.39 is 12.1 Å². The van der Waals surface area contributed by atoms with Crippen LogP contribution in [0.2, 0.25) is 0 Å². The Labute approximate surface area is 106 Å². The fourth-order valence-corrected chi connectivity index (χ4v) is 2.33. The second-order valence-corrected chi connectivity index (χ2v) is 4.66. The fourth-order valence-electron chi connectivity index (χ4n) is 2.33. The van der Waals surface area contributed by atoms with Crippen LogP contribution in [0, 0.1) is 0 Å². The minimum Gasteiger partial charge on any atom is -0.491 e. The summed E-state index contributed by atoms with van der Waals surface area (Å²) in [7, 11) is 0. The Morgan fingerprint density at radius 1 is 1.33 bits per heavy atom. The highest BCUT2D eigenvalue weighted by Gasteiger charge is 2.15. The Morgan fingerprint density at radius 3 is 2.89 bits per heavy atom. The Kier molecular flexibility index (Phi) is 4.20. The first kappa shape index (κ1) is 12.9. The third-order valence-electron chi connectivity index (χ3n) is 3.19. The van der Waals surface area contributed by atoms with E-state index in [1.807, 2.05) is 12.1 Å². The van der Waals surface area contributed by atoms with Gasteiger partial charge in [0, 0.05) is 0 Å². The molecule has 1 aromatic carbocycles. The van der Waals surface area contributed by atoms with Gasteiger partial charge in [-0.05, 0) is 42.9 Å². The highest BCUT2D eigenvalue weighted by atomic mass is 16.5. The zero-order valence-corrected chi connectivity index (χ0v) is 10.3. The molecule has 4 heteroatoms. The number of carboxylic acids is 1. The lowest BCUT2D eigenvalue weighted by Gasteiger charge is -2.20. The van der Waals surface area contributed by atoms with Gasteiger partial charge in [-0.1, -0.05) is 12.1 Å². The molecule has 0 saturated carbocycles. The smallest absolute Gasteiger partial charge is 0.306 e. The van der Waals surface area contributed by atoms with E-state index in [1.54, 1.807) is 0 Å². The van der Waals surface area contributed by atoms with E-state index in [4.69, 9.17) is 9.84 Å². The monoisotopic (exact) mass is 250 g/mol. The van der Waals surface area contributed by atoms with Crippen molar-refractivity contribution in [3.05, 3.63) is 29.3 Å². The summed E-state index contributed by atoms with van der Waals surface area (Å²) >= 11 is 0. The SMILES string of the molecule is O=C(O)CC(O)COc1cccc2c1CCCC2. The summed E-state index contributed by atoms with van der Waals surface area (Å²) in [5.74, 6) is -0.224. The van der Waals surface area contributed by atoms with Crippen molar-refractivity contribution in [1.29, 1.82) is 0 Å². The van der Waals surface area contributed by atoms with E-state index in [1.165, 1.54) is 17.5 Å². The molecule has 1 unspecified atom stereocenters. The van der Waals surface area contributed by atoms with Crippen LogP contribution in [0.1, 0.15) is 30.4 Å². The molecular weight excluding hydrogens is 232 g/mol. The fraction of sp³-hybridized carbons (Fsp3) is 0.500. The van der Waals surface area contributed by atoms with Gasteiger partial charge in [0.2, 0.25) is 0 Å². The van der Waals surface area contributed by atoms with Crippen molar-refractivity contribution in [2.75, 3.05) is 6.61 Å². The van der Waals surface area contributed by atoms with Crippen molar-refractivity contribution in [2.24, 2.45) is 0 Å². The number of carboxylic acid groups (broad SMARTS) is 1. The summed E-state index contributed by atoms with van der Waals surface area (Å²) in [5, 5.41) is 18.0. The van der Waals surface area contributed by atoms with Crippen LogP contribution in [0.4, 0.5) is 0 Å². The first-order chi connectivity index (χ1) is 8.66. The lowest BCUT2D eigenvalue weighted by molar-refractivity contribution is -0.139. The Hall–Kier alpha value is -1.55. The van der Waals surface area contributed by atoms with E-state index in [2.05, 4.69) is 6.07 Å². The minimum absolute atomic E-state index is 0.0305. The number of aliphatic carboxylic acids is 1. The second kappa shape index (κ2) is 5.87. The predicted octanol–water partition coefficient (Wildman–Crippen LogP) is 1.78. The molecule has 0 radical (unpaired) electrons. The summed E-state index contributed by atoms with van der Waals surface area (Å²) in [6, 6.07) is 5.94. The average molecular weight is 250 g/mol. The minimum atomic E-state index is -1.01. The van der Waals surface area contributed by atoms with Crippen molar-refractivity contribution in [2.45, 2.75) is 38.2 Å². The maximum absolute atomic E-state index is 10.4. The molecule has 0 aliphatic heterocycles. The van der Waals surface area contributed by atoms with Crippen molar-refractivity contribution in [3.63, 3.8) is 0 Å². The van der Waals surface area contributed by atoms with Crippen molar-refractivity contribution in [1.82, 2.24) is 0 Å². The molecule has 0 amide bonds. The molecule has 1 aromatic rings. The number of aryl methyl sites for hydroxylation is 1. The van der Waals surface area contributed by atoms with Gasteiger partial charge in [-0.25, -0.2) is 0 Å². The van der Waals surface area contributed by atoms with Gasteiger partial charge in [0.1, 0.15) is 12.4 Å². The number of carbonyl (C=O) groups is 1. The van der Waals surface area contributed by atoms with Crippen LogP contribution in [0.15, 0.2) is 18.2 Å². The van der Waals surface area contributed by atoms with Crippen LogP contribution in [-0.2, 0) is 17.6 Å². The summed E-state index contributed by atoms with van der Waals surface area (Å²) in [5.41, 5.74) is 2.53. The molecule has 18 heavy (non-hydrogen) atoms. The van der Waals surface area contributed by atoms with Crippen LogP contribution >= 0.6 is 0 Å². The highest BCUT2D eigenvalue weighted by Crippen LogP contribution is 2.29. The van der Waals surface area contributed by atoms with Crippen LogP contribution < -0.4 is 4.74 Å². The molecular formula is C14H18O4. The van der Waals surface area contributed by atoms with Crippen molar-refractivity contribution < 1.29 is 19.7 Å². The predicted molar refractivity (Wildman–Crippen MR) is 66.8 cm³/mol. The number of aliphatic hydroxyl groups is 1. The summed E-state index contributed by atoms with van der Waals surface area (Å²) in [4.78, 5) is 10.4.